The largest absolute Gasteiger partial charge is 0.396 e. The molecule has 106 valence electrons. The van der Waals surface area contributed by atoms with Crippen molar-refractivity contribution < 1.29 is 12.8 Å². The van der Waals surface area contributed by atoms with Crippen LogP contribution in [0.3, 0.4) is 0 Å². The standard InChI is InChI=1S/C12H16ClFN2O2S/c1-12(4-2-3-5-12)16-19(17,18)11-7-10(15)9(14)6-8(11)13/h6-7,16H,2-5,15H2,1H3. The minimum atomic E-state index is -3.80. The van der Waals surface area contributed by atoms with E-state index in [1.165, 1.54) is 0 Å². The number of benzene rings is 1. The molecule has 2 rings (SSSR count). The Bertz CT molecular complexity index is 598. The number of nitrogens with one attached hydrogen (secondary N) is 1. The van der Waals surface area contributed by atoms with Gasteiger partial charge in [-0.05, 0) is 31.9 Å². The van der Waals surface area contributed by atoms with E-state index >= 15 is 0 Å². The molecule has 0 aromatic heterocycles. The molecular formula is C12H16ClFN2O2S. The van der Waals surface area contributed by atoms with Gasteiger partial charge in [0, 0.05) is 5.54 Å². The second-order valence-electron chi connectivity index (χ2n) is 5.18. The summed E-state index contributed by atoms with van der Waals surface area (Å²) in [5.74, 6) is -0.726. The first kappa shape index (κ1) is 14.6. The van der Waals surface area contributed by atoms with E-state index in [2.05, 4.69) is 4.72 Å². The third-order valence-electron chi connectivity index (χ3n) is 3.43. The molecule has 1 saturated carbocycles. The first-order valence-corrected chi connectivity index (χ1v) is 7.88. The predicted octanol–water partition coefficient (Wildman–Crippen LogP) is 2.67. The highest BCUT2D eigenvalue weighted by molar-refractivity contribution is 7.89. The van der Waals surface area contributed by atoms with Gasteiger partial charge in [-0.15, -0.1) is 0 Å². The molecule has 0 amide bonds. The van der Waals surface area contributed by atoms with Crippen LogP contribution in [0.25, 0.3) is 0 Å². The molecule has 7 heteroatoms. The van der Waals surface area contributed by atoms with Crippen molar-refractivity contribution >= 4 is 27.3 Å². The van der Waals surface area contributed by atoms with Gasteiger partial charge >= 0.3 is 0 Å². The number of sulfonamides is 1. The molecule has 19 heavy (non-hydrogen) atoms. The van der Waals surface area contributed by atoms with Crippen molar-refractivity contribution in [3.63, 3.8) is 0 Å². The van der Waals surface area contributed by atoms with Crippen molar-refractivity contribution in [2.45, 2.75) is 43.0 Å². The van der Waals surface area contributed by atoms with Crippen molar-refractivity contribution in [2.24, 2.45) is 0 Å². The second-order valence-corrected chi connectivity index (χ2v) is 7.24. The Morgan fingerprint density at radius 2 is 1.95 bits per heavy atom. The molecule has 1 aromatic rings. The molecule has 3 N–H and O–H groups in total. The van der Waals surface area contributed by atoms with Crippen molar-refractivity contribution in [3.05, 3.63) is 23.0 Å². The molecule has 1 aliphatic carbocycles. The molecule has 0 saturated heterocycles. The lowest BCUT2D eigenvalue weighted by atomic mass is 10.0. The third-order valence-corrected chi connectivity index (χ3v) is 5.53. The number of rotatable bonds is 3. The van der Waals surface area contributed by atoms with Gasteiger partial charge in [-0.2, -0.15) is 0 Å². The van der Waals surface area contributed by atoms with Crippen molar-refractivity contribution in [2.75, 3.05) is 5.73 Å². The van der Waals surface area contributed by atoms with E-state index in [1.54, 1.807) is 0 Å². The molecule has 1 fully saturated rings. The van der Waals surface area contributed by atoms with Crippen LogP contribution < -0.4 is 10.5 Å². The minimum Gasteiger partial charge on any atom is -0.396 e. The minimum absolute atomic E-state index is 0.166. The van der Waals surface area contributed by atoms with E-state index in [1.807, 2.05) is 6.92 Å². The second kappa shape index (κ2) is 4.92. The number of nitrogen functional groups attached to an aromatic ring is 1. The van der Waals surface area contributed by atoms with Crippen molar-refractivity contribution in [3.8, 4) is 0 Å². The quantitative estimate of drug-likeness (QED) is 0.843. The van der Waals surface area contributed by atoms with Crippen LogP contribution in [0.15, 0.2) is 17.0 Å². The average Bonchev–Trinajstić information content (AvgIpc) is 2.68. The topological polar surface area (TPSA) is 72.2 Å². The maximum Gasteiger partial charge on any atom is 0.242 e. The van der Waals surface area contributed by atoms with E-state index in [9.17, 15) is 12.8 Å². The molecule has 0 bridgehead atoms. The number of nitrogens with two attached hydrogens (primary N) is 1. The Morgan fingerprint density at radius 3 is 2.53 bits per heavy atom. The molecule has 0 atom stereocenters. The highest BCUT2D eigenvalue weighted by Gasteiger charge is 2.34. The number of anilines is 1. The van der Waals surface area contributed by atoms with Crippen molar-refractivity contribution in [1.29, 1.82) is 0 Å². The zero-order valence-electron chi connectivity index (χ0n) is 10.5. The van der Waals surface area contributed by atoms with Gasteiger partial charge in [-0.1, -0.05) is 24.4 Å². The fraction of sp³-hybridized carbons (Fsp3) is 0.500. The molecule has 1 aromatic carbocycles. The van der Waals surface area contributed by atoms with Gasteiger partial charge in [0.1, 0.15) is 10.7 Å². The molecule has 0 unspecified atom stereocenters. The molecule has 0 aliphatic heterocycles. The lowest BCUT2D eigenvalue weighted by Crippen LogP contribution is -2.43. The van der Waals surface area contributed by atoms with Gasteiger partial charge in [0.05, 0.1) is 10.7 Å². The Hall–Kier alpha value is -0.850. The van der Waals surface area contributed by atoms with E-state index < -0.39 is 21.4 Å². The Labute approximate surface area is 117 Å². The van der Waals surface area contributed by atoms with Gasteiger partial charge < -0.3 is 5.73 Å². The summed E-state index contributed by atoms with van der Waals surface area (Å²) < 4.78 is 40.5. The molecule has 1 aliphatic rings. The Balaban J connectivity index is 2.37. The molecule has 0 radical (unpaired) electrons. The summed E-state index contributed by atoms with van der Waals surface area (Å²) >= 11 is 5.80. The van der Waals surface area contributed by atoms with Gasteiger partial charge in [0.15, 0.2) is 0 Å². The van der Waals surface area contributed by atoms with Crippen LogP contribution in [0, 0.1) is 5.82 Å². The van der Waals surface area contributed by atoms with E-state index in [-0.39, 0.29) is 15.6 Å². The summed E-state index contributed by atoms with van der Waals surface area (Å²) in [4.78, 5) is -0.179. The SMILES string of the molecule is CC1(NS(=O)(=O)c2cc(N)c(F)cc2Cl)CCCC1. The van der Waals surface area contributed by atoms with E-state index in [4.69, 9.17) is 17.3 Å². The van der Waals surface area contributed by atoms with Gasteiger partial charge in [-0.3, -0.25) is 0 Å². The summed E-state index contributed by atoms with van der Waals surface area (Å²) in [5.41, 5.74) is 4.70. The van der Waals surface area contributed by atoms with Crippen LogP contribution in [-0.2, 0) is 10.0 Å². The third kappa shape index (κ3) is 3.01. The Kier molecular flexibility index (Phi) is 3.77. The molecule has 0 heterocycles. The number of hydrogen-bond donors (Lipinski definition) is 2. The predicted molar refractivity (Wildman–Crippen MR) is 73.0 cm³/mol. The summed E-state index contributed by atoms with van der Waals surface area (Å²) in [6, 6.07) is 1.97. The molecule has 0 spiro atoms. The fourth-order valence-electron chi connectivity index (χ4n) is 2.39. The lowest BCUT2D eigenvalue weighted by Gasteiger charge is -2.25. The summed E-state index contributed by atoms with van der Waals surface area (Å²) in [6.45, 7) is 1.86. The fourth-order valence-corrected chi connectivity index (χ4v) is 4.40. The van der Waals surface area contributed by atoms with Crippen LogP contribution in [-0.4, -0.2) is 14.0 Å². The first-order valence-electron chi connectivity index (χ1n) is 6.02. The maximum absolute atomic E-state index is 13.2. The Morgan fingerprint density at radius 1 is 1.37 bits per heavy atom. The summed E-state index contributed by atoms with van der Waals surface area (Å²) in [7, 11) is -3.80. The van der Waals surface area contributed by atoms with Crippen molar-refractivity contribution in [1.82, 2.24) is 4.72 Å². The van der Waals surface area contributed by atoms with E-state index in [0.717, 1.165) is 37.8 Å². The zero-order chi connectivity index (χ0) is 14.3. The van der Waals surface area contributed by atoms with E-state index in [0.29, 0.717) is 0 Å². The van der Waals surface area contributed by atoms with Crippen LogP contribution in [0.2, 0.25) is 5.02 Å². The number of hydrogen-bond acceptors (Lipinski definition) is 3. The summed E-state index contributed by atoms with van der Waals surface area (Å²) in [6.07, 6.45) is 3.53. The van der Waals surface area contributed by atoms with Crippen LogP contribution in [0.4, 0.5) is 10.1 Å². The van der Waals surface area contributed by atoms with Crippen LogP contribution in [0.1, 0.15) is 32.6 Å². The van der Waals surface area contributed by atoms with Gasteiger partial charge in [0.2, 0.25) is 10.0 Å². The average molecular weight is 307 g/mol. The smallest absolute Gasteiger partial charge is 0.242 e. The maximum atomic E-state index is 13.2. The monoisotopic (exact) mass is 306 g/mol. The highest BCUT2D eigenvalue weighted by atomic mass is 35.5. The lowest BCUT2D eigenvalue weighted by molar-refractivity contribution is 0.427. The number of halogens is 2. The molecular weight excluding hydrogens is 291 g/mol. The normalized spacial score (nSPS) is 18.7. The van der Waals surface area contributed by atoms with Crippen LogP contribution >= 0.6 is 11.6 Å². The molecule has 4 nitrogen and oxygen atoms in total. The summed E-state index contributed by atoms with van der Waals surface area (Å²) in [5, 5.41) is -0.166. The van der Waals surface area contributed by atoms with Crippen LogP contribution in [0.5, 0.6) is 0 Å². The van der Waals surface area contributed by atoms with Gasteiger partial charge in [0.25, 0.3) is 0 Å². The highest BCUT2D eigenvalue weighted by Crippen LogP contribution is 2.32. The zero-order valence-corrected chi connectivity index (χ0v) is 12.1. The van der Waals surface area contributed by atoms with Gasteiger partial charge in [-0.25, -0.2) is 17.5 Å². The first-order chi connectivity index (χ1) is 8.73.